The monoisotopic (exact) mass is 271 g/mol. The molecule has 0 aliphatic carbocycles. The molecule has 2 rings (SSSR count). The zero-order valence-corrected chi connectivity index (χ0v) is 12.7. The minimum Gasteiger partial charge on any atom is -0.466 e. The van der Waals surface area contributed by atoms with Crippen LogP contribution in [-0.2, 0) is 0 Å². The van der Waals surface area contributed by atoms with Gasteiger partial charge in [-0.1, -0.05) is 17.7 Å². The summed E-state index contributed by atoms with van der Waals surface area (Å²) in [5.74, 6) is 1.68. The Hall–Kier alpha value is -2.03. The molecule has 1 aromatic carbocycles. The molecule has 0 fully saturated rings. The van der Waals surface area contributed by atoms with Crippen molar-refractivity contribution in [3.05, 3.63) is 58.0 Å². The van der Waals surface area contributed by atoms with Crippen molar-refractivity contribution in [2.45, 2.75) is 40.7 Å². The van der Waals surface area contributed by atoms with Gasteiger partial charge in [-0.3, -0.25) is 4.79 Å². The van der Waals surface area contributed by atoms with Crippen LogP contribution in [0.15, 0.2) is 28.7 Å². The summed E-state index contributed by atoms with van der Waals surface area (Å²) in [6.07, 6.45) is 0. The van der Waals surface area contributed by atoms with Gasteiger partial charge in [-0.2, -0.15) is 0 Å². The summed E-state index contributed by atoms with van der Waals surface area (Å²) in [5, 5.41) is 3.04. The highest BCUT2D eigenvalue weighted by Gasteiger charge is 2.17. The number of nitrogens with one attached hydrogen (secondary N) is 1. The molecule has 1 amide bonds. The molecule has 20 heavy (non-hydrogen) atoms. The third kappa shape index (κ3) is 2.93. The van der Waals surface area contributed by atoms with Crippen LogP contribution in [0.5, 0.6) is 0 Å². The number of benzene rings is 1. The highest BCUT2D eigenvalue weighted by Crippen LogP contribution is 2.22. The summed E-state index contributed by atoms with van der Waals surface area (Å²) < 4.78 is 5.51. The van der Waals surface area contributed by atoms with Crippen LogP contribution < -0.4 is 5.32 Å². The maximum absolute atomic E-state index is 12.4. The van der Waals surface area contributed by atoms with Crippen LogP contribution >= 0.6 is 0 Å². The molecule has 2 aromatic rings. The van der Waals surface area contributed by atoms with Gasteiger partial charge in [-0.15, -0.1) is 0 Å². The Morgan fingerprint density at radius 1 is 1.15 bits per heavy atom. The van der Waals surface area contributed by atoms with Crippen molar-refractivity contribution in [3.63, 3.8) is 0 Å². The number of carbonyl (C=O) groups is 1. The SMILES string of the molecule is Cc1ccc(C)c(C(=O)NC(C)c2cc(C)oc2C)c1. The summed E-state index contributed by atoms with van der Waals surface area (Å²) in [4.78, 5) is 12.4. The molecule has 0 radical (unpaired) electrons. The van der Waals surface area contributed by atoms with Gasteiger partial charge in [0.15, 0.2) is 0 Å². The molecule has 106 valence electrons. The fourth-order valence-corrected chi connectivity index (χ4v) is 2.41. The molecule has 3 nitrogen and oxygen atoms in total. The molecule has 1 N–H and O–H groups in total. The van der Waals surface area contributed by atoms with E-state index in [1.807, 2.05) is 58.9 Å². The van der Waals surface area contributed by atoms with Gasteiger partial charge in [0, 0.05) is 11.1 Å². The highest BCUT2D eigenvalue weighted by atomic mass is 16.3. The van der Waals surface area contributed by atoms with E-state index in [-0.39, 0.29) is 11.9 Å². The van der Waals surface area contributed by atoms with E-state index < -0.39 is 0 Å². The number of hydrogen-bond acceptors (Lipinski definition) is 2. The first-order valence-electron chi connectivity index (χ1n) is 6.83. The van der Waals surface area contributed by atoms with Gasteiger partial charge in [0.05, 0.1) is 6.04 Å². The van der Waals surface area contributed by atoms with Crippen molar-refractivity contribution in [1.29, 1.82) is 0 Å². The van der Waals surface area contributed by atoms with Crippen molar-refractivity contribution in [1.82, 2.24) is 5.32 Å². The second kappa shape index (κ2) is 5.53. The fourth-order valence-electron chi connectivity index (χ4n) is 2.41. The Kier molecular flexibility index (Phi) is 3.98. The minimum absolute atomic E-state index is 0.0445. The molecule has 0 saturated carbocycles. The van der Waals surface area contributed by atoms with E-state index in [4.69, 9.17) is 4.42 Å². The van der Waals surface area contributed by atoms with E-state index in [1.165, 1.54) is 0 Å². The summed E-state index contributed by atoms with van der Waals surface area (Å²) in [5.41, 5.74) is 3.83. The van der Waals surface area contributed by atoms with E-state index in [2.05, 4.69) is 5.32 Å². The second-order valence-electron chi connectivity index (χ2n) is 5.38. The van der Waals surface area contributed by atoms with Crippen molar-refractivity contribution in [3.8, 4) is 0 Å². The fraction of sp³-hybridized carbons (Fsp3) is 0.353. The van der Waals surface area contributed by atoms with Gasteiger partial charge in [-0.05, 0) is 52.3 Å². The lowest BCUT2D eigenvalue weighted by atomic mass is 10.0. The predicted molar refractivity (Wildman–Crippen MR) is 80.0 cm³/mol. The molecule has 0 aliphatic heterocycles. The quantitative estimate of drug-likeness (QED) is 0.916. The Morgan fingerprint density at radius 2 is 1.85 bits per heavy atom. The Labute approximate surface area is 120 Å². The molecule has 1 aromatic heterocycles. The maximum Gasteiger partial charge on any atom is 0.252 e. The number of aryl methyl sites for hydroxylation is 4. The lowest BCUT2D eigenvalue weighted by molar-refractivity contribution is 0.0939. The van der Waals surface area contributed by atoms with Crippen molar-refractivity contribution in [2.24, 2.45) is 0 Å². The van der Waals surface area contributed by atoms with E-state index in [0.717, 1.165) is 33.8 Å². The molecule has 1 heterocycles. The van der Waals surface area contributed by atoms with Crippen LogP contribution in [-0.4, -0.2) is 5.91 Å². The van der Waals surface area contributed by atoms with Gasteiger partial charge in [0.2, 0.25) is 0 Å². The van der Waals surface area contributed by atoms with Crippen molar-refractivity contribution >= 4 is 5.91 Å². The standard InChI is InChI=1S/C17H21NO2/c1-10-6-7-11(2)15(8-10)17(19)18-13(4)16-9-12(3)20-14(16)5/h6-9,13H,1-5H3,(H,18,19). The lowest BCUT2D eigenvalue weighted by Gasteiger charge is -2.14. The summed E-state index contributed by atoms with van der Waals surface area (Å²) in [7, 11) is 0. The zero-order valence-electron chi connectivity index (χ0n) is 12.7. The van der Waals surface area contributed by atoms with Crippen LogP contribution in [0.4, 0.5) is 0 Å². The predicted octanol–water partition coefficient (Wildman–Crippen LogP) is 4.00. The second-order valence-corrected chi connectivity index (χ2v) is 5.38. The molecule has 0 saturated heterocycles. The van der Waals surface area contributed by atoms with E-state index >= 15 is 0 Å². The zero-order chi connectivity index (χ0) is 14.9. The lowest BCUT2D eigenvalue weighted by Crippen LogP contribution is -2.27. The average Bonchev–Trinajstić information content (AvgIpc) is 2.71. The summed E-state index contributed by atoms with van der Waals surface area (Å²) in [6, 6.07) is 7.81. The number of furan rings is 1. The molecular formula is C17H21NO2. The molecule has 0 aliphatic rings. The third-order valence-electron chi connectivity index (χ3n) is 3.53. The summed E-state index contributed by atoms with van der Waals surface area (Å²) in [6.45, 7) is 9.74. The minimum atomic E-state index is -0.0696. The number of rotatable bonds is 3. The van der Waals surface area contributed by atoms with Crippen LogP contribution in [0, 0.1) is 27.7 Å². The molecule has 0 bridgehead atoms. The van der Waals surface area contributed by atoms with Crippen LogP contribution in [0.3, 0.4) is 0 Å². The average molecular weight is 271 g/mol. The van der Waals surface area contributed by atoms with Crippen molar-refractivity contribution in [2.75, 3.05) is 0 Å². The Bertz CT molecular complexity index is 640. The molecule has 3 heteroatoms. The van der Waals surface area contributed by atoms with Crippen LogP contribution in [0.1, 0.15) is 51.5 Å². The first kappa shape index (κ1) is 14.4. The first-order valence-corrected chi connectivity index (χ1v) is 6.83. The maximum atomic E-state index is 12.4. The highest BCUT2D eigenvalue weighted by molar-refractivity contribution is 5.96. The molecule has 1 atom stereocenters. The Balaban J connectivity index is 2.19. The first-order chi connectivity index (χ1) is 9.38. The normalized spacial score (nSPS) is 12.2. The molecule has 1 unspecified atom stereocenters. The number of carbonyl (C=O) groups excluding carboxylic acids is 1. The molecule has 0 spiro atoms. The van der Waals surface area contributed by atoms with Crippen LogP contribution in [0.2, 0.25) is 0 Å². The molecular weight excluding hydrogens is 250 g/mol. The number of amides is 1. The van der Waals surface area contributed by atoms with E-state index in [9.17, 15) is 4.79 Å². The van der Waals surface area contributed by atoms with Crippen molar-refractivity contribution < 1.29 is 9.21 Å². The van der Waals surface area contributed by atoms with Gasteiger partial charge in [0.25, 0.3) is 5.91 Å². The van der Waals surface area contributed by atoms with Gasteiger partial charge in [-0.25, -0.2) is 0 Å². The van der Waals surface area contributed by atoms with Gasteiger partial charge < -0.3 is 9.73 Å². The van der Waals surface area contributed by atoms with E-state index in [0.29, 0.717) is 0 Å². The number of hydrogen-bond donors (Lipinski definition) is 1. The topological polar surface area (TPSA) is 42.2 Å². The summed E-state index contributed by atoms with van der Waals surface area (Å²) >= 11 is 0. The van der Waals surface area contributed by atoms with Crippen LogP contribution in [0.25, 0.3) is 0 Å². The largest absolute Gasteiger partial charge is 0.466 e. The smallest absolute Gasteiger partial charge is 0.252 e. The van der Waals surface area contributed by atoms with Gasteiger partial charge >= 0.3 is 0 Å². The third-order valence-corrected chi connectivity index (χ3v) is 3.53. The van der Waals surface area contributed by atoms with Gasteiger partial charge in [0.1, 0.15) is 11.5 Å². The Morgan fingerprint density at radius 3 is 2.45 bits per heavy atom. The van der Waals surface area contributed by atoms with E-state index in [1.54, 1.807) is 0 Å².